The van der Waals surface area contributed by atoms with E-state index in [0.717, 1.165) is 5.92 Å². The Hall–Kier alpha value is -0.0400. The molecule has 0 aliphatic carbocycles. The highest BCUT2D eigenvalue weighted by molar-refractivity contribution is 4.86. The summed E-state index contributed by atoms with van der Waals surface area (Å²) in [6.45, 7) is 9.54. The molecule has 11 heavy (non-hydrogen) atoms. The minimum Gasteiger partial charge on any atom is -0.316 e. The van der Waals surface area contributed by atoms with E-state index in [4.69, 9.17) is 0 Å². The Morgan fingerprint density at radius 1 is 1.45 bits per heavy atom. The first-order valence-corrected chi connectivity index (χ1v) is 4.93. The van der Waals surface area contributed by atoms with Gasteiger partial charge in [0.15, 0.2) is 0 Å². The molecule has 0 aromatic rings. The lowest BCUT2D eigenvalue weighted by Gasteiger charge is -2.41. The number of nitrogens with one attached hydrogen (secondary N) is 1. The highest BCUT2D eigenvalue weighted by atomic mass is 14.9. The summed E-state index contributed by atoms with van der Waals surface area (Å²) in [5.74, 6) is 0.904. The van der Waals surface area contributed by atoms with E-state index in [-0.39, 0.29) is 0 Å². The summed E-state index contributed by atoms with van der Waals surface area (Å²) >= 11 is 0. The molecule has 2 atom stereocenters. The predicted molar refractivity (Wildman–Crippen MR) is 49.7 cm³/mol. The van der Waals surface area contributed by atoms with Crippen molar-refractivity contribution in [2.75, 3.05) is 13.1 Å². The van der Waals surface area contributed by atoms with Crippen molar-refractivity contribution in [1.29, 1.82) is 0 Å². The Bertz CT molecular complexity index is 122. The molecule has 1 unspecified atom stereocenters. The van der Waals surface area contributed by atoms with Gasteiger partial charge in [-0.25, -0.2) is 0 Å². The predicted octanol–water partition coefficient (Wildman–Crippen LogP) is 2.42. The van der Waals surface area contributed by atoms with Crippen LogP contribution in [0.25, 0.3) is 0 Å². The number of rotatable bonds is 2. The average molecular weight is 155 g/mol. The molecule has 0 aromatic carbocycles. The van der Waals surface area contributed by atoms with Gasteiger partial charge >= 0.3 is 0 Å². The average Bonchev–Trinajstić information content (AvgIpc) is 2.05. The highest BCUT2D eigenvalue weighted by Gasteiger charge is 2.33. The summed E-state index contributed by atoms with van der Waals surface area (Å²) in [5, 5.41) is 3.48. The Morgan fingerprint density at radius 2 is 2.18 bits per heavy atom. The first-order valence-electron chi connectivity index (χ1n) is 4.93. The summed E-state index contributed by atoms with van der Waals surface area (Å²) in [6.07, 6.45) is 4.03. The van der Waals surface area contributed by atoms with E-state index >= 15 is 0 Å². The molecule has 0 saturated carbocycles. The summed E-state index contributed by atoms with van der Waals surface area (Å²) in [5.41, 5.74) is 0.625. The SMILES string of the molecule is CC[C@@H]1CNCCC1(C)CC. The van der Waals surface area contributed by atoms with Crippen LogP contribution >= 0.6 is 0 Å². The van der Waals surface area contributed by atoms with Gasteiger partial charge in [-0.2, -0.15) is 0 Å². The molecule has 1 rings (SSSR count). The molecule has 0 spiro atoms. The van der Waals surface area contributed by atoms with Gasteiger partial charge in [-0.15, -0.1) is 0 Å². The zero-order chi connectivity index (χ0) is 8.32. The maximum atomic E-state index is 3.48. The summed E-state index contributed by atoms with van der Waals surface area (Å²) < 4.78 is 0. The number of hydrogen-bond acceptors (Lipinski definition) is 1. The minimum atomic E-state index is 0.625. The quantitative estimate of drug-likeness (QED) is 0.646. The number of piperidine rings is 1. The van der Waals surface area contributed by atoms with Crippen molar-refractivity contribution in [2.24, 2.45) is 11.3 Å². The Labute approximate surface area is 70.6 Å². The third-order valence-electron chi connectivity index (χ3n) is 3.55. The van der Waals surface area contributed by atoms with Crippen molar-refractivity contribution in [3.05, 3.63) is 0 Å². The molecule has 1 aliphatic rings. The van der Waals surface area contributed by atoms with E-state index in [2.05, 4.69) is 26.1 Å². The molecule has 1 N–H and O–H groups in total. The highest BCUT2D eigenvalue weighted by Crippen LogP contribution is 2.38. The van der Waals surface area contributed by atoms with Crippen LogP contribution in [0.1, 0.15) is 40.0 Å². The van der Waals surface area contributed by atoms with Gasteiger partial charge in [0.25, 0.3) is 0 Å². The van der Waals surface area contributed by atoms with E-state index in [1.54, 1.807) is 0 Å². The summed E-state index contributed by atoms with van der Waals surface area (Å²) in [7, 11) is 0. The summed E-state index contributed by atoms with van der Waals surface area (Å²) in [4.78, 5) is 0. The third-order valence-corrected chi connectivity index (χ3v) is 3.55. The van der Waals surface area contributed by atoms with Crippen LogP contribution in [0.15, 0.2) is 0 Å². The smallest absolute Gasteiger partial charge is 0.00154 e. The van der Waals surface area contributed by atoms with Crippen molar-refractivity contribution in [2.45, 2.75) is 40.0 Å². The molecular weight excluding hydrogens is 134 g/mol. The molecule has 1 heterocycles. The van der Waals surface area contributed by atoms with Gasteiger partial charge in [0.2, 0.25) is 0 Å². The van der Waals surface area contributed by atoms with Gasteiger partial charge in [-0.05, 0) is 30.8 Å². The van der Waals surface area contributed by atoms with Gasteiger partial charge in [0.1, 0.15) is 0 Å². The third kappa shape index (κ3) is 1.76. The molecule has 0 bridgehead atoms. The van der Waals surface area contributed by atoms with Crippen LogP contribution in [0.3, 0.4) is 0 Å². The lowest BCUT2D eigenvalue weighted by molar-refractivity contribution is 0.120. The summed E-state index contributed by atoms with van der Waals surface area (Å²) in [6, 6.07) is 0. The van der Waals surface area contributed by atoms with Crippen LogP contribution in [-0.4, -0.2) is 13.1 Å². The largest absolute Gasteiger partial charge is 0.316 e. The van der Waals surface area contributed by atoms with Crippen molar-refractivity contribution >= 4 is 0 Å². The molecule has 1 heteroatoms. The van der Waals surface area contributed by atoms with Crippen LogP contribution in [0, 0.1) is 11.3 Å². The van der Waals surface area contributed by atoms with Crippen LogP contribution in [0.2, 0.25) is 0 Å². The maximum absolute atomic E-state index is 3.48. The monoisotopic (exact) mass is 155 g/mol. The van der Waals surface area contributed by atoms with Crippen molar-refractivity contribution in [3.8, 4) is 0 Å². The lowest BCUT2D eigenvalue weighted by Crippen LogP contribution is -2.42. The van der Waals surface area contributed by atoms with E-state index in [1.807, 2.05) is 0 Å². The zero-order valence-electron chi connectivity index (χ0n) is 8.11. The van der Waals surface area contributed by atoms with E-state index < -0.39 is 0 Å². The fraction of sp³-hybridized carbons (Fsp3) is 1.00. The lowest BCUT2D eigenvalue weighted by atomic mass is 9.69. The molecule has 66 valence electrons. The first kappa shape index (κ1) is 9.05. The topological polar surface area (TPSA) is 12.0 Å². The normalized spacial score (nSPS) is 39.0. The fourth-order valence-corrected chi connectivity index (χ4v) is 2.20. The van der Waals surface area contributed by atoms with Crippen molar-refractivity contribution in [1.82, 2.24) is 5.32 Å². The molecule has 0 amide bonds. The first-order chi connectivity index (χ1) is 5.23. The second-order valence-corrected chi connectivity index (χ2v) is 4.07. The Morgan fingerprint density at radius 3 is 2.64 bits per heavy atom. The van der Waals surface area contributed by atoms with E-state index in [1.165, 1.54) is 32.4 Å². The molecule has 0 radical (unpaired) electrons. The van der Waals surface area contributed by atoms with E-state index in [9.17, 15) is 0 Å². The van der Waals surface area contributed by atoms with Crippen LogP contribution in [-0.2, 0) is 0 Å². The second kappa shape index (κ2) is 3.57. The molecule has 0 aromatic heterocycles. The van der Waals surface area contributed by atoms with Crippen molar-refractivity contribution in [3.63, 3.8) is 0 Å². The van der Waals surface area contributed by atoms with Crippen LogP contribution in [0.5, 0.6) is 0 Å². The minimum absolute atomic E-state index is 0.625. The fourth-order valence-electron chi connectivity index (χ4n) is 2.20. The standard InChI is InChI=1S/C10H21N/c1-4-9-8-11-7-6-10(9,3)5-2/h9,11H,4-8H2,1-3H3/t9-,10?/m1/s1. The molecule has 1 fully saturated rings. The molecule has 1 aliphatic heterocycles. The molecule has 1 saturated heterocycles. The van der Waals surface area contributed by atoms with Gasteiger partial charge in [0.05, 0.1) is 0 Å². The van der Waals surface area contributed by atoms with Crippen molar-refractivity contribution < 1.29 is 0 Å². The van der Waals surface area contributed by atoms with Crippen LogP contribution in [0.4, 0.5) is 0 Å². The van der Waals surface area contributed by atoms with Gasteiger partial charge in [-0.1, -0.05) is 33.6 Å². The van der Waals surface area contributed by atoms with Gasteiger partial charge in [0, 0.05) is 0 Å². The number of hydrogen-bond donors (Lipinski definition) is 1. The van der Waals surface area contributed by atoms with Gasteiger partial charge in [-0.3, -0.25) is 0 Å². The maximum Gasteiger partial charge on any atom is -0.00154 e. The zero-order valence-corrected chi connectivity index (χ0v) is 8.11. The second-order valence-electron chi connectivity index (χ2n) is 4.07. The Kier molecular flexibility index (Phi) is 2.94. The Balaban J connectivity index is 2.57. The van der Waals surface area contributed by atoms with Crippen LogP contribution < -0.4 is 5.32 Å². The molecular formula is C10H21N. The van der Waals surface area contributed by atoms with Gasteiger partial charge < -0.3 is 5.32 Å². The molecule has 1 nitrogen and oxygen atoms in total. The van der Waals surface area contributed by atoms with E-state index in [0.29, 0.717) is 5.41 Å².